The highest BCUT2D eigenvalue weighted by molar-refractivity contribution is 6.30. The molecule has 2 aromatic carbocycles. The van der Waals surface area contributed by atoms with E-state index in [9.17, 15) is 0 Å². The number of piperazine rings is 1. The molecule has 0 saturated carbocycles. The van der Waals surface area contributed by atoms with Gasteiger partial charge in [-0.05, 0) is 30.3 Å². The van der Waals surface area contributed by atoms with E-state index < -0.39 is 0 Å². The van der Waals surface area contributed by atoms with Gasteiger partial charge in [0, 0.05) is 42.5 Å². The van der Waals surface area contributed by atoms with Gasteiger partial charge in [0.05, 0.1) is 20.8 Å². The van der Waals surface area contributed by atoms with Crippen molar-refractivity contribution in [2.75, 3.05) is 45.3 Å². The summed E-state index contributed by atoms with van der Waals surface area (Å²) in [4.78, 5) is 9.00. The Labute approximate surface area is 165 Å². The largest absolute Gasteiger partial charge is 0.493 e. The highest BCUT2D eigenvalue weighted by Gasteiger charge is 2.19. The van der Waals surface area contributed by atoms with Crippen molar-refractivity contribution in [1.29, 1.82) is 0 Å². The zero-order valence-corrected chi connectivity index (χ0v) is 16.4. The summed E-state index contributed by atoms with van der Waals surface area (Å²) in [5, 5.41) is 0.752. The molecule has 6 nitrogen and oxygen atoms in total. The van der Waals surface area contributed by atoms with Gasteiger partial charge in [-0.25, -0.2) is 4.99 Å². The van der Waals surface area contributed by atoms with E-state index in [-0.39, 0.29) is 0 Å². The molecule has 0 aliphatic carbocycles. The highest BCUT2D eigenvalue weighted by atomic mass is 35.5. The van der Waals surface area contributed by atoms with Crippen LogP contribution in [0, 0.1) is 0 Å². The monoisotopic (exact) mass is 388 g/mol. The normalized spacial score (nSPS) is 15.0. The Morgan fingerprint density at radius 1 is 1.04 bits per heavy atom. The van der Waals surface area contributed by atoms with Crippen LogP contribution in [0.25, 0.3) is 0 Å². The second-order valence-corrected chi connectivity index (χ2v) is 6.71. The lowest BCUT2D eigenvalue weighted by molar-refractivity contribution is 0.351. The molecule has 1 fully saturated rings. The van der Waals surface area contributed by atoms with Crippen LogP contribution >= 0.6 is 11.6 Å². The van der Waals surface area contributed by atoms with Crippen LogP contribution < -0.4 is 20.1 Å². The van der Waals surface area contributed by atoms with Crippen molar-refractivity contribution in [1.82, 2.24) is 4.90 Å². The number of rotatable bonds is 5. The van der Waals surface area contributed by atoms with Gasteiger partial charge in [0.1, 0.15) is 0 Å². The number of ether oxygens (including phenoxy) is 2. The smallest absolute Gasteiger partial charge is 0.191 e. The Morgan fingerprint density at radius 3 is 2.37 bits per heavy atom. The molecule has 0 unspecified atom stereocenters. The van der Waals surface area contributed by atoms with Gasteiger partial charge >= 0.3 is 0 Å². The molecule has 27 heavy (non-hydrogen) atoms. The Balaban J connectivity index is 1.61. The first-order valence-electron chi connectivity index (χ1n) is 8.87. The molecule has 0 amide bonds. The molecule has 0 spiro atoms. The maximum Gasteiger partial charge on any atom is 0.191 e. The number of benzene rings is 2. The van der Waals surface area contributed by atoms with Gasteiger partial charge < -0.3 is 25.0 Å². The average molecular weight is 389 g/mol. The summed E-state index contributed by atoms with van der Waals surface area (Å²) in [7, 11) is 3.25. The predicted molar refractivity (Wildman–Crippen MR) is 110 cm³/mol. The van der Waals surface area contributed by atoms with E-state index >= 15 is 0 Å². The Morgan fingerprint density at radius 2 is 1.74 bits per heavy atom. The van der Waals surface area contributed by atoms with Crippen LogP contribution in [0.4, 0.5) is 5.69 Å². The first-order chi connectivity index (χ1) is 13.1. The van der Waals surface area contributed by atoms with Gasteiger partial charge in [0.25, 0.3) is 0 Å². The summed E-state index contributed by atoms with van der Waals surface area (Å²) < 4.78 is 10.8. The van der Waals surface area contributed by atoms with Gasteiger partial charge in [-0.2, -0.15) is 0 Å². The molecule has 2 aromatic rings. The second kappa shape index (κ2) is 8.86. The van der Waals surface area contributed by atoms with E-state index in [2.05, 4.69) is 14.8 Å². The summed E-state index contributed by atoms with van der Waals surface area (Å²) >= 11 is 5.97. The van der Waals surface area contributed by atoms with Crippen LogP contribution in [0.1, 0.15) is 5.56 Å². The molecule has 3 rings (SSSR count). The standard InChI is InChI=1S/C20H25ClN4O2/c1-26-18-5-3-4-15(19(18)27-2)14-23-20(22)25-12-10-24(11-13-25)17-8-6-16(21)7-9-17/h3-9H,10-14H2,1-2H3,(H2,22,23). The summed E-state index contributed by atoms with van der Waals surface area (Å²) in [6, 6.07) is 13.7. The first-order valence-corrected chi connectivity index (χ1v) is 9.25. The third kappa shape index (κ3) is 4.57. The van der Waals surface area contributed by atoms with E-state index in [0.717, 1.165) is 36.8 Å². The minimum atomic E-state index is 0.448. The number of hydrogen-bond acceptors (Lipinski definition) is 4. The van der Waals surface area contributed by atoms with Crippen LogP contribution in [0.2, 0.25) is 5.02 Å². The number of aliphatic imine (C=N–C) groups is 1. The number of hydrogen-bond donors (Lipinski definition) is 1. The Bertz CT molecular complexity index is 787. The van der Waals surface area contributed by atoms with Crippen molar-refractivity contribution >= 4 is 23.2 Å². The number of methoxy groups -OCH3 is 2. The van der Waals surface area contributed by atoms with Crippen molar-refractivity contribution in [3.63, 3.8) is 0 Å². The van der Waals surface area contributed by atoms with Crippen molar-refractivity contribution in [3.05, 3.63) is 53.1 Å². The number of guanidine groups is 1. The minimum Gasteiger partial charge on any atom is -0.493 e. The zero-order chi connectivity index (χ0) is 19.2. The highest BCUT2D eigenvalue weighted by Crippen LogP contribution is 2.31. The van der Waals surface area contributed by atoms with Crippen LogP contribution in [0.15, 0.2) is 47.5 Å². The molecule has 0 aromatic heterocycles. The molecule has 0 radical (unpaired) electrons. The van der Waals surface area contributed by atoms with Gasteiger partial charge in [-0.15, -0.1) is 0 Å². The van der Waals surface area contributed by atoms with Gasteiger partial charge in [-0.3, -0.25) is 0 Å². The van der Waals surface area contributed by atoms with Crippen LogP contribution in [0.5, 0.6) is 11.5 Å². The lowest BCUT2D eigenvalue weighted by Gasteiger charge is -2.36. The molecule has 0 bridgehead atoms. The lowest BCUT2D eigenvalue weighted by Crippen LogP contribution is -2.51. The lowest BCUT2D eigenvalue weighted by atomic mass is 10.2. The Kier molecular flexibility index (Phi) is 6.29. The number of nitrogens with zero attached hydrogens (tertiary/aromatic N) is 3. The molecule has 2 N–H and O–H groups in total. The van der Waals surface area contributed by atoms with Crippen molar-refractivity contribution in [2.45, 2.75) is 6.54 Å². The second-order valence-electron chi connectivity index (χ2n) is 6.28. The fourth-order valence-corrected chi connectivity index (χ4v) is 3.32. The van der Waals surface area contributed by atoms with Crippen LogP contribution in [0.3, 0.4) is 0 Å². The van der Waals surface area contributed by atoms with Crippen LogP contribution in [-0.2, 0) is 6.54 Å². The van der Waals surface area contributed by atoms with E-state index in [4.69, 9.17) is 26.8 Å². The van der Waals surface area contributed by atoms with E-state index in [1.165, 1.54) is 5.69 Å². The third-order valence-electron chi connectivity index (χ3n) is 4.69. The zero-order valence-electron chi connectivity index (χ0n) is 15.7. The van der Waals surface area contributed by atoms with E-state index in [1.54, 1.807) is 14.2 Å². The van der Waals surface area contributed by atoms with Gasteiger partial charge in [0.15, 0.2) is 17.5 Å². The van der Waals surface area contributed by atoms with Crippen LogP contribution in [-0.4, -0.2) is 51.3 Å². The number of para-hydroxylation sites is 1. The maximum absolute atomic E-state index is 6.23. The molecule has 1 aliphatic heterocycles. The fourth-order valence-electron chi connectivity index (χ4n) is 3.19. The van der Waals surface area contributed by atoms with Gasteiger partial charge in [0.2, 0.25) is 0 Å². The molecule has 1 saturated heterocycles. The molecular formula is C20H25ClN4O2. The molecule has 1 aliphatic rings. The van der Waals surface area contributed by atoms with Crippen molar-refractivity contribution < 1.29 is 9.47 Å². The molecule has 1 heterocycles. The molecule has 144 valence electrons. The molecule has 0 atom stereocenters. The topological polar surface area (TPSA) is 63.3 Å². The maximum atomic E-state index is 6.23. The summed E-state index contributed by atoms with van der Waals surface area (Å²) in [5.74, 6) is 1.94. The number of halogens is 1. The molecular weight excluding hydrogens is 364 g/mol. The number of anilines is 1. The van der Waals surface area contributed by atoms with E-state index in [1.807, 2.05) is 42.5 Å². The Hall–Kier alpha value is -2.60. The minimum absolute atomic E-state index is 0.448. The molecule has 7 heteroatoms. The summed E-state index contributed by atoms with van der Waals surface area (Å²) in [6.07, 6.45) is 0. The average Bonchev–Trinajstić information content (AvgIpc) is 2.72. The van der Waals surface area contributed by atoms with Gasteiger partial charge in [-0.1, -0.05) is 23.7 Å². The van der Waals surface area contributed by atoms with Crippen molar-refractivity contribution in [2.24, 2.45) is 10.7 Å². The number of nitrogens with two attached hydrogens (primary N) is 1. The fraction of sp³-hybridized carbons (Fsp3) is 0.350. The summed E-state index contributed by atoms with van der Waals surface area (Å²) in [6.45, 7) is 3.88. The SMILES string of the molecule is COc1cccc(CN=C(N)N2CCN(c3ccc(Cl)cc3)CC2)c1OC. The van der Waals surface area contributed by atoms with Crippen molar-refractivity contribution in [3.8, 4) is 11.5 Å². The van der Waals surface area contributed by atoms with E-state index in [0.29, 0.717) is 24.0 Å². The quantitative estimate of drug-likeness (QED) is 0.630. The third-order valence-corrected chi connectivity index (χ3v) is 4.94. The predicted octanol–water partition coefficient (Wildman–Crippen LogP) is 2.99. The first kappa shape index (κ1) is 19.2. The summed E-state index contributed by atoms with van der Waals surface area (Å²) in [5.41, 5.74) is 8.35.